The van der Waals surface area contributed by atoms with Gasteiger partial charge in [0.25, 0.3) is 0 Å². The largest absolute Gasteiger partial charge is 0.456 e. The highest BCUT2D eigenvalue weighted by Crippen LogP contribution is 2.49. The van der Waals surface area contributed by atoms with E-state index in [1.807, 2.05) is 11.8 Å². The Hall–Kier alpha value is -0.290. The number of esters is 1. The average molecular weight is 356 g/mol. The lowest BCUT2D eigenvalue weighted by atomic mass is 9.65. The topological polar surface area (TPSA) is 29.5 Å². The smallest absolute Gasteiger partial charge is 0.306 e. The molecule has 3 atom stereocenters. The van der Waals surface area contributed by atoms with E-state index in [2.05, 4.69) is 4.90 Å². The van der Waals surface area contributed by atoms with Gasteiger partial charge in [0.2, 0.25) is 0 Å². The molecule has 0 aromatic carbocycles. The number of hydrogen-bond acceptors (Lipinski definition) is 4. The van der Waals surface area contributed by atoms with Crippen LogP contribution in [0.15, 0.2) is 0 Å². The van der Waals surface area contributed by atoms with Crippen molar-refractivity contribution in [2.24, 2.45) is 11.8 Å². The number of piperidine rings is 1. The average Bonchev–Trinajstić information content (AvgIpc) is 3.06. The van der Waals surface area contributed by atoms with Gasteiger partial charge < -0.3 is 4.74 Å². The van der Waals surface area contributed by atoms with Crippen molar-refractivity contribution < 1.29 is 13.9 Å². The molecule has 0 N–H and O–H groups in total. The highest BCUT2D eigenvalue weighted by atomic mass is 32.2. The molecular formula is C19H30FNO2S. The first-order chi connectivity index (χ1) is 11.7. The number of thioether (sulfide) groups is 1. The fourth-order valence-electron chi connectivity index (χ4n) is 5.40. The lowest BCUT2D eigenvalue weighted by Crippen LogP contribution is -2.75. The quantitative estimate of drug-likeness (QED) is 0.717. The van der Waals surface area contributed by atoms with Crippen molar-refractivity contribution in [3.8, 4) is 0 Å². The van der Waals surface area contributed by atoms with Gasteiger partial charge in [-0.2, -0.15) is 11.8 Å². The Labute approximate surface area is 149 Å². The summed E-state index contributed by atoms with van der Waals surface area (Å²) >= 11 is 1.95. The van der Waals surface area contributed by atoms with Gasteiger partial charge in [0.05, 0.1) is 6.04 Å². The van der Waals surface area contributed by atoms with Crippen molar-refractivity contribution in [2.75, 3.05) is 24.6 Å². The Morgan fingerprint density at radius 2 is 2.00 bits per heavy atom. The van der Waals surface area contributed by atoms with E-state index in [1.54, 1.807) is 0 Å². The summed E-state index contributed by atoms with van der Waals surface area (Å²) in [6, 6.07) is 0.398. The lowest BCUT2D eigenvalue weighted by Gasteiger charge is -2.62. The van der Waals surface area contributed by atoms with Crippen molar-refractivity contribution in [2.45, 2.75) is 75.6 Å². The third-order valence-corrected chi connectivity index (χ3v) is 7.99. The van der Waals surface area contributed by atoms with E-state index >= 15 is 0 Å². The SMILES string of the molecule is O=C(CC1CCSC1)O[C@]1(C2CCC(F)CC2)CN2CCCC[C@@H]21. The first-order valence-electron chi connectivity index (χ1n) is 9.85. The summed E-state index contributed by atoms with van der Waals surface area (Å²) in [4.78, 5) is 15.2. The molecule has 4 rings (SSSR count). The van der Waals surface area contributed by atoms with Crippen LogP contribution in [0.3, 0.4) is 0 Å². The minimum Gasteiger partial charge on any atom is -0.456 e. The van der Waals surface area contributed by atoms with Gasteiger partial charge in [0.15, 0.2) is 0 Å². The second-order valence-corrected chi connectivity index (χ2v) is 9.44. The van der Waals surface area contributed by atoms with Gasteiger partial charge in [-0.3, -0.25) is 9.69 Å². The minimum absolute atomic E-state index is 0.00935. The third-order valence-electron chi connectivity index (χ3n) is 6.76. The zero-order valence-electron chi connectivity index (χ0n) is 14.6. The maximum Gasteiger partial charge on any atom is 0.306 e. The fourth-order valence-corrected chi connectivity index (χ4v) is 6.69. The number of fused-ring (bicyclic) bond motifs is 1. The van der Waals surface area contributed by atoms with Gasteiger partial charge in [-0.15, -0.1) is 0 Å². The van der Waals surface area contributed by atoms with E-state index in [4.69, 9.17) is 4.74 Å². The molecule has 3 aliphatic heterocycles. The van der Waals surface area contributed by atoms with Crippen LogP contribution in [0, 0.1) is 11.8 Å². The van der Waals surface area contributed by atoms with Crippen molar-refractivity contribution in [3.05, 3.63) is 0 Å². The van der Waals surface area contributed by atoms with Gasteiger partial charge in [0.1, 0.15) is 11.8 Å². The van der Waals surface area contributed by atoms with Crippen LogP contribution in [-0.2, 0) is 9.53 Å². The maximum atomic E-state index is 13.6. The van der Waals surface area contributed by atoms with E-state index in [-0.39, 0.29) is 11.6 Å². The number of nitrogens with zero attached hydrogens (tertiary/aromatic N) is 1. The molecule has 0 amide bonds. The maximum absolute atomic E-state index is 13.6. The van der Waals surface area contributed by atoms with Crippen molar-refractivity contribution in [3.63, 3.8) is 0 Å². The van der Waals surface area contributed by atoms with E-state index in [1.165, 1.54) is 18.6 Å². The highest BCUT2D eigenvalue weighted by Gasteiger charge is 2.60. The molecule has 4 fully saturated rings. The van der Waals surface area contributed by atoms with Crippen LogP contribution in [0.1, 0.15) is 57.8 Å². The minimum atomic E-state index is -0.646. The number of rotatable bonds is 4. The Morgan fingerprint density at radius 1 is 1.17 bits per heavy atom. The summed E-state index contributed by atoms with van der Waals surface area (Å²) in [5, 5.41) is 0. The Balaban J connectivity index is 1.45. The lowest BCUT2D eigenvalue weighted by molar-refractivity contribution is -0.230. The summed E-state index contributed by atoms with van der Waals surface area (Å²) < 4.78 is 19.9. The molecule has 0 bridgehead atoms. The zero-order valence-corrected chi connectivity index (χ0v) is 15.4. The molecule has 3 saturated heterocycles. The van der Waals surface area contributed by atoms with Crippen LogP contribution in [0.2, 0.25) is 0 Å². The molecule has 1 unspecified atom stereocenters. The molecule has 1 saturated carbocycles. The highest BCUT2D eigenvalue weighted by molar-refractivity contribution is 7.99. The van der Waals surface area contributed by atoms with Gasteiger partial charge in [-0.1, -0.05) is 6.42 Å². The van der Waals surface area contributed by atoms with E-state index < -0.39 is 6.17 Å². The molecular weight excluding hydrogens is 325 g/mol. The summed E-state index contributed by atoms with van der Waals surface area (Å²) in [5.74, 6) is 3.16. The summed E-state index contributed by atoms with van der Waals surface area (Å²) in [6.07, 6.45) is 7.79. The monoisotopic (exact) mass is 355 g/mol. The number of ether oxygens (including phenoxy) is 1. The molecule has 3 heterocycles. The molecule has 0 aromatic rings. The molecule has 1 aliphatic carbocycles. The van der Waals surface area contributed by atoms with Gasteiger partial charge in [0, 0.05) is 18.9 Å². The number of carbonyl (C=O) groups is 1. The van der Waals surface area contributed by atoms with Gasteiger partial charge in [-0.05, 0) is 68.9 Å². The number of carbonyl (C=O) groups excluding carboxylic acids is 1. The van der Waals surface area contributed by atoms with Crippen molar-refractivity contribution in [1.82, 2.24) is 4.90 Å². The fraction of sp³-hybridized carbons (Fsp3) is 0.947. The second-order valence-electron chi connectivity index (χ2n) is 8.29. The standard InChI is InChI=1S/C19H30FNO2S/c20-16-6-4-15(5-7-16)19(13-21-9-2-1-3-17(19)21)23-18(22)11-14-8-10-24-12-14/h14-17H,1-13H2/t14?,15?,16?,17-,19+/m1/s1. The van der Waals surface area contributed by atoms with Crippen LogP contribution < -0.4 is 0 Å². The van der Waals surface area contributed by atoms with Crippen LogP contribution in [0.5, 0.6) is 0 Å². The molecule has 0 spiro atoms. The predicted octanol–water partition coefficient (Wildman–Crippen LogP) is 3.81. The Bertz CT molecular complexity index is 462. The normalized spacial score (nSPS) is 43.0. The van der Waals surface area contributed by atoms with E-state index in [0.717, 1.165) is 44.5 Å². The van der Waals surface area contributed by atoms with Crippen molar-refractivity contribution in [1.29, 1.82) is 0 Å². The molecule has 24 heavy (non-hydrogen) atoms. The van der Waals surface area contributed by atoms with Crippen LogP contribution in [0.25, 0.3) is 0 Å². The number of alkyl halides is 1. The van der Waals surface area contributed by atoms with Crippen molar-refractivity contribution >= 4 is 17.7 Å². The van der Waals surface area contributed by atoms with Crippen LogP contribution in [-0.4, -0.2) is 53.3 Å². The predicted molar refractivity (Wildman–Crippen MR) is 94.9 cm³/mol. The molecule has 5 heteroatoms. The second kappa shape index (κ2) is 7.14. The number of halogens is 1. The summed E-state index contributed by atoms with van der Waals surface area (Å²) in [6.45, 7) is 2.03. The first-order valence-corrected chi connectivity index (χ1v) is 11.0. The Kier molecular flexibility index (Phi) is 5.10. The Morgan fingerprint density at radius 3 is 2.71 bits per heavy atom. The molecule has 136 valence electrons. The zero-order chi connectivity index (χ0) is 16.6. The van der Waals surface area contributed by atoms with Crippen LogP contribution >= 0.6 is 11.8 Å². The number of hydrogen-bond donors (Lipinski definition) is 0. The molecule has 0 aromatic heterocycles. The first kappa shape index (κ1) is 17.1. The summed E-state index contributed by atoms with van der Waals surface area (Å²) in [5.41, 5.74) is -0.302. The molecule has 4 aliphatic rings. The molecule has 0 radical (unpaired) electrons. The third kappa shape index (κ3) is 3.23. The van der Waals surface area contributed by atoms with E-state index in [9.17, 15) is 9.18 Å². The van der Waals surface area contributed by atoms with E-state index in [0.29, 0.717) is 37.1 Å². The summed E-state index contributed by atoms with van der Waals surface area (Å²) in [7, 11) is 0. The van der Waals surface area contributed by atoms with Gasteiger partial charge >= 0.3 is 5.97 Å². The van der Waals surface area contributed by atoms with Gasteiger partial charge in [-0.25, -0.2) is 4.39 Å². The van der Waals surface area contributed by atoms with Crippen LogP contribution in [0.4, 0.5) is 4.39 Å². The molecule has 3 nitrogen and oxygen atoms in total.